The number of hydrogen-bond donors (Lipinski definition) is 1. The topological polar surface area (TPSA) is 35.2 Å². The second kappa shape index (κ2) is 5.19. The molecule has 0 aliphatic rings. The Morgan fingerprint density at radius 1 is 1.38 bits per heavy atom. The Bertz CT molecular complexity index is 357. The van der Waals surface area contributed by atoms with Crippen LogP contribution in [-0.2, 0) is 0 Å². The summed E-state index contributed by atoms with van der Waals surface area (Å²) in [4.78, 5) is 0. The molecule has 90 valence electrons. The standard InChI is InChI=1S/C13H20BrNO/c1-13(2,3)8-11(15)10-7-9(14)5-6-12(10)16-4/h5-7,11H,8,15H2,1-4H3. The number of methoxy groups -OCH3 is 1. The fourth-order valence-corrected chi connectivity index (χ4v) is 2.14. The molecule has 0 aliphatic heterocycles. The Morgan fingerprint density at radius 3 is 2.50 bits per heavy atom. The van der Waals surface area contributed by atoms with Crippen LogP contribution in [0.4, 0.5) is 0 Å². The summed E-state index contributed by atoms with van der Waals surface area (Å²) in [5, 5.41) is 0. The number of ether oxygens (including phenoxy) is 1. The molecule has 0 heterocycles. The number of halogens is 1. The largest absolute Gasteiger partial charge is 0.496 e. The van der Waals surface area contributed by atoms with E-state index in [0.717, 1.165) is 22.2 Å². The lowest BCUT2D eigenvalue weighted by atomic mass is 9.85. The Balaban J connectivity index is 2.97. The molecule has 2 N–H and O–H groups in total. The average molecular weight is 286 g/mol. The highest BCUT2D eigenvalue weighted by Crippen LogP contribution is 2.33. The lowest BCUT2D eigenvalue weighted by molar-refractivity contribution is 0.334. The van der Waals surface area contributed by atoms with Gasteiger partial charge in [0.2, 0.25) is 0 Å². The van der Waals surface area contributed by atoms with E-state index >= 15 is 0 Å². The van der Waals surface area contributed by atoms with E-state index in [2.05, 4.69) is 36.7 Å². The summed E-state index contributed by atoms with van der Waals surface area (Å²) in [7, 11) is 1.68. The zero-order valence-electron chi connectivity index (χ0n) is 10.4. The number of nitrogens with two attached hydrogens (primary N) is 1. The molecule has 0 saturated carbocycles. The number of benzene rings is 1. The van der Waals surface area contributed by atoms with Crippen LogP contribution < -0.4 is 10.5 Å². The van der Waals surface area contributed by atoms with Gasteiger partial charge in [0.15, 0.2) is 0 Å². The minimum atomic E-state index is 0.00690. The first-order chi connectivity index (χ1) is 7.33. The molecule has 0 spiro atoms. The lowest BCUT2D eigenvalue weighted by Gasteiger charge is -2.24. The third-order valence-electron chi connectivity index (χ3n) is 2.42. The van der Waals surface area contributed by atoms with Gasteiger partial charge in [0, 0.05) is 16.1 Å². The van der Waals surface area contributed by atoms with Gasteiger partial charge in [-0.1, -0.05) is 36.7 Å². The monoisotopic (exact) mass is 285 g/mol. The van der Waals surface area contributed by atoms with Gasteiger partial charge in [-0.15, -0.1) is 0 Å². The quantitative estimate of drug-likeness (QED) is 0.914. The number of rotatable bonds is 3. The maximum atomic E-state index is 6.23. The van der Waals surface area contributed by atoms with E-state index in [4.69, 9.17) is 10.5 Å². The maximum Gasteiger partial charge on any atom is 0.123 e. The van der Waals surface area contributed by atoms with Gasteiger partial charge in [0.25, 0.3) is 0 Å². The van der Waals surface area contributed by atoms with Crippen molar-refractivity contribution in [2.24, 2.45) is 11.1 Å². The predicted octanol–water partition coefficient (Wildman–Crippen LogP) is 3.89. The summed E-state index contributed by atoms with van der Waals surface area (Å²) in [5.41, 5.74) is 7.50. The fraction of sp³-hybridized carbons (Fsp3) is 0.538. The van der Waals surface area contributed by atoms with Gasteiger partial charge >= 0.3 is 0 Å². The van der Waals surface area contributed by atoms with Crippen molar-refractivity contribution in [3.05, 3.63) is 28.2 Å². The summed E-state index contributed by atoms with van der Waals surface area (Å²) >= 11 is 3.46. The Hall–Kier alpha value is -0.540. The SMILES string of the molecule is COc1ccc(Br)cc1C(N)CC(C)(C)C. The smallest absolute Gasteiger partial charge is 0.123 e. The van der Waals surface area contributed by atoms with Gasteiger partial charge in [-0.25, -0.2) is 0 Å². The summed E-state index contributed by atoms with van der Waals surface area (Å²) in [5.74, 6) is 0.861. The summed E-state index contributed by atoms with van der Waals surface area (Å²) in [6.45, 7) is 6.58. The molecule has 0 aromatic heterocycles. The van der Waals surface area contributed by atoms with Gasteiger partial charge in [-0.3, -0.25) is 0 Å². The van der Waals surface area contributed by atoms with Crippen LogP contribution in [0.5, 0.6) is 5.75 Å². The fourth-order valence-electron chi connectivity index (χ4n) is 1.76. The molecule has 3 heteroatoms. The van der Waals surface area contributed by atoms with Crippen LogP contribution in [0.1, 0.15) is 38.8 Å². The van der Waals surface area contributed by atoms with Crippen molar-refractivity contribution in [3.8, 4) is 5.75 Å². The molecule has 0 amide bonds. The summed E-state index contributed by atoms with van der Waals surface area (Å²) < 4.78 is 6.37. The minimum absolute atomic E-state index is 0.00690. The third-order valence-corrected chi connectivity index (χ3v) is 2.92. The zero-order chi connectivity index (χ0) is 12.3. The Morgan fingerprint density at radius 2 is 2.00 bits per heavy atom. The van der Waals surface area contributed by atoms with E-state index in [9.17, 15) is 0 Å². The molecule has 1 aromatic rings. The van der Waals surface area contributed by atoms with Gasteiger partial charge < -0.3 is 10.5 Å². The second-order valence-electron chi connectivity index (χ2n) is 5.26. The second-order valence-corrected chi connectivity index (χ2v) is 6.17. The predicted molar refractivity (Wildman–Crippen MR) is 71.7 cm³/mol. The van der Waals surface area contributed by atoms with E-state index in [1.807, 2.05) is 18.2 Å². The van der Waals surface area contributed by atoms with Crippen LogP contribution in [0.2, 0.25) is 0 Å². The van der Waals surface area contributed by atoms with Crippen molar-refractivity contribution >= 4 is 15.9 Å². The van der Waals surface area contributed by atoms with Crippen molar-refractivity contribution < 1.29 is 4.74 Å². The van der Waals surface area contributed by atoms with Crippen LogP contribution in [-0.4, -0.2) is 7.11 Å². The molecule has 16 heavy (non-hydrogen) atoms. The van der Waals surface area contributed by atoms with Gasteiger partial charge in [0.1, 0.15) is 5.75 Å². The Kier molecular flexibility index (Phi) is 4.39. The van der Waals surface area contributed by atoms with Crippen molar-refractivity contribution in [1.82, 2.24) is 0 Å². The van der Waals surface area contributed by atoms with E-state index in [1.54, 1.807) is 7.11 Å². The first-order valence-corrected chi connectivity index (χ1v) is 6.22. The van der Waals surface area contributed by atoms with Crippen molar-refractivity contribution in [2.75, 3.05) is 7.11 Å². The van der Waals surface area contributed by atoms with Crippen LogP contribution in [0.3, 0.4) is 0 Å². The molecule has 0 saturated heterocycles. The first-order valence-electron chi connectivity index (χ1n) is 5.42. The van der Waals surface area contributed by atoms with Crippen LogP contribution in [0.15, 0.2) is 22.7 Å². The highest BCUT2D eigenvalue weighted by molar-refractivity contribution is 9.10. The van der Waals surface area contributed by atoms with E-state index in [1.165, 1.54) is 0 Å². The van der Waals surface area contributed by atoms with E-state index < -0.39 is 0 Å². The molecule has 0 radical (unpaired) electrons. The van der Waals surface area contributed by atoms with Crippen molar-refractivity contribution in [3.63, 3.8) is 0 Å². The minimum Gasteiger partial charge on any atom is -0.496 e. The van der Waals surface area contributed by atoms with E-state index in [0.29, 0.717) is 0 Å². The molecular weight excluding hydrogens is 266 g/mol. The summed E-state index contributed by atoms with van der Waals surface area (Å²) in [6.07, 6.45) is 0.930. The molecule has 2 nitrogen and oxygen atoms in total. The highest BCUT2D eigenvalue weighted by atomic mass is 79.9. The normalized spacial score (nSPS) is 13.6. The van der Waals surface area contributed by atoms with Gasteiger partial charge in [-0.2, -0.15) is 0 Å². The van der Waals surface area contributed by atoms with Crippen molar-refractivity contribution in [1.29, 1.82) is 0 Å². The third kappa shape index (κ3) is 3.80. The van der Waals surface area contributed by atoms with Gasteiger partial charge in [0.05, 0.1) is 7.11 Å². The highest BCUT2D eigenvalue weighted by Gasteiger charge is 2.19. The molecule has 1 rings (SSSR count). The van der Waals surface area contributed by atoms with Crippen LogP contribution >= 0.6 is 15.9 Å². The van der Waals surface area contributed by atoms with Crippen LogP contribution in [0.25, 0.3) is 0 Å². The van der Waals surface area contributed by atoms with Gasteiger partial charge in [-0.05, 0) is 30.0 Å². The van der Waals surface area contributed by atoms with Crippen LogP contribution in [0, 0.1) is 5.41 Å². The van der Waals surface area contributed by atoms with E-state index in [-0.39, 0.29) is 11.5 Å². The lowest BCUT2D eigenvalue weighted by Crippen LogP contribution is -2.19. The first kappa shape index (κ1) is 13.5. The average Bonchev–Trinajstić information content (AvgIpc) is 2.15. The molecule has 0 fully saturated rings. The zero-order valence-corrected chi connectivity index (χ0v) is 12.0. The molecule has 0 bridgehead atoms. The molecular formula is C13H20BrNO. The molecule has 1 unspecified atom stereocenters. The Labute approximate surface area is 106 Å². The molecule has 0 aliphatic carbocycles. The molecule has 1 atom stereocenters. The summed E-state index contributed by atoms with van der Waals surface area (Å²) in [6, 6.07) is 5.95. The molecule has 1 aromatic carbocycles. The van der Waals surface area contributed by atoms with Crippen molar-refractivity contribution in [2.45, 2.75) is 33.2 Å². The number of hydrogen-bond acceptors (Lipinski definition) is 2. The maximum absolute atomic E-state index is 6.23.